The normalized spacial score (nSPS) is 16.7. The molecule has 2 atom stereocenters. The number of halogens is 1. The molecule has 5 rings (SSSR count). The second kappa shape index (κ2) is 9.50. The van der Waals surface area contributed by atoms with Crippen molar-refractivity contribution in [1.82, 2.24) is 9.55 Å². The summed E-state index contributed by atoms with van der Waals surface area (Å²) in [4.78, 5) is 19.3. The van der Waals surface area contributed by atoms with Crippen molar-refractivity contribution in [1.29, 1.82) is 0 Å². The fraction of sp³-hybridized carbons (Fsp3) is 0.286. The number of amides is 1. The first-order valence-electron chi connectivity index (χ1n) is 11.8. The zero-order valence-electron chi connectivity index (χ0n) is 19.8. The smallest absolute Gasteiger partial charge is 0.227 e. The molecule has 1 aromatic heterocycles. The highest BCUT2D eigenvalue weighted by atomic mass is 19.1. The molecule has 0 saturated carbocycles. The van der Waals surface area contributed by atoms with Gasteiger partial charge in [0.2, 0.25) is 5.91 Å². The van der Waals surface area contributed by atoms with Gasteiger partial charge in [0, 0.05) is 24.6 Å². The largest absolute Gasteiger partial charge is 0.491 e. The molecule has 0 bridgehead atoms. The molecule has 7 heteroatoms. The molecule has 180 valence electrons. The Morgan fingerprint density at radius 2 is 1.89 bits per heavy atom. The van der Waals surface area contributed by atoms with Crippen molar-refractivity contribution >= 4 is 22.6 Å². The first-order valence-corrected chi connectivity index (χ1v) is 11.8. The number of fused-ring (bicyclic) bond motifs is 1. The van der Waals surface area contributed by atoms with E-state index in [1.807, 2.05) is 60.9 Å². The summed E-state index contributed by atoms with van der Waals surface area (Å²) >= 11 is 0. The molecular weight excluding hydrogens is 445 g/mol. The van der Waals surface area contributed by atoms with Gasteiger partial charge in [-0.3, -0.25) is 4.79 Å². The van der Waals surface area contributed by atoms with E-state index in [9.17, 15) is 14.3 Å². The van der Waals surface area contributed by atoms with E-state index in [0.29, 0.717) is 25.2 Å². The standard InChI is InChI=1S/C28H28FN3O3/c1-18-7-12-26(19(2)13-18)35-17-23(33)16-32-25-6-4-3-5-24(25)30-28(32)20-14-27(34)31(15-20)22-10-8-21(29)9-11-22/h3-13,20,23,33H,14-17H2,1-2H3/t20-,23+/m0/s1. The molecule has 1 fully saturated rings. The van der Waals surface area contributed by atoms with E-state index in [4.69, 9.17) is 9.72 Å². The third-order valence-electron chi connectivity index (χ3n) is 6.47. The van der Waals surface area contributed by atoms with Gasteiger partial charge >= 0.3 is 0 Å². The number of carbonyl (C=O) groups excluding carboxylic acids is 1. The molecule has 0 radical (unpaired) electrons. The zero-order chi connectivity index (χ0) is 24.5. The SMILES string of the molecule is Cc1ccc(OC[C@H](O)Cn2c([C@H]3CC(=O)N(c4ccc(F)cc4)C3)nc3ccccc32)c(C)c1. The second-order valence-electron chi connectivity index (χ2n) is 9.18. The number of aryl methyl sites for hydroxylation is 2. The summed E-state index contributed by atoms with van der Waals surface area (Å²) in [6.07, 6.45) is -0.465. The van der Waals surface area contributed by atoms with Crippen molar-refractivity contribution in [2.45, 2.75) is 38.8 Å². The number of hydrogen-bond donors (Lipinski definition) is 1. The molecule has 1 aliphatic heterocycles. The van der Waals surface area contributed by atoms with Gasteiger partial charge in [-0.2, -0.15) is 0 Å². The molecule has 1 aliphatic rings. The Hall–Kier alpha value is -3.71. The van der Waals surface area contributed by atoms with Gasteiger partial charge < -0.3 is 19.3 Å². The molecule has 2 heterocycles. The van der Waals surface area contributed by atoms with Crippen molar-refractivity contribution in [3.63, 3.8) is 0 Å². The van der Waals surface area contributed by atoms with E-state index in [2.05, 4.69) is 0 Å². The Bertz CT molecular complexity index is 1370. The molecule has 35 heavy (non-hydrogen) atoms. The number of hydrogen-bond acceptors (Lipinski definition) is 4. The Labute approximate surface area is 203 Å². The summed E-state index contributed by atoms with van der Waals surface area (Å²) in [6, 6.07) is 19.7. The van der Waals surface area contributed by atoms with Gasteiger partial charge in [-0.15, -0.1) is 0 Å². The third-order valence-corrected chi connectivity index (χ3v) is 6.47. The monoisotopic (exact) mass is 473 g/mol. The van der Waals surface area contributed by atoms with Crippen molar-refractivity contribution in [2.24, 2.45) is 0 Å². The average molecular weight is 474 g/mol. The van der Waals surface area contributed by atoms with Crippen LogP contribution in [0.1, 0.15) is 29.3 Å². The molecule has 1 saturated heterocycles. The van der Waals surface area contributed by atoms with Crippen LogP contribution >= 0.6 is 0 Å². The summed E-state index contributed by atoms with van der Waals surface area (Å²) in [5.74, 6) is 0.999. The maximum Gasteiger partial charge on any atom is 0.227 e. The lowest BCUT2D eigenvalue weighted by Crippen LogP contribution is -2.26. The number of carbonyl (C=O) groups is 1. The van der Waals surface area contributed by atoms with Crippen LogP contribution in [0.3, 0.4) is 0 Å². The van der Waals surface area contributed by atoms with E-state index in [1.165, 1.54) is 12.1 Å². The van der Waals surface area contributed by atoms with E-state index in [-0.39, 0.29) is 24.2 Å². The molecule has 0 aliphatic carbocycles. The summed E-state index contributed by atoms with van der Waals surface area (Å²) in [5.41, 5.74) is 4.57. The fourth-order valence-electron chi connectivity index (χ4n) is 4.76. The Balaban J connectivity index is 1.37. The molecule has 6 nitrogen and oxygen atoms in total. The molecule has 0 unspecified atom stereocenters. The minimum absolute atomic E-state index is 0.0288. The maximum absolute atomic E-state index is 13.4. The van der Waals surface area contributed by atoms with Crippen LogP contribution in [0.15, 0.2) is 66.7 Å². The van der Waals surface area contributed by atoms with Crippen LogP contribution < -0.4 is 9.64 Å². The first kappa shape index (κ1) is 23.1. The molecule has 1 amide bonds. The lowest BCUT2D eigenvalue weighted by Gasteiger charge is -2.19. The van der Waals surface area contributed by atoms with Crippen LogP contribution in [0, 0.1) is 19.7 Å². The summed E-state index contributed by atoms with van der Waals surface area (Å²) in [6.45, 7) is 4.90. The van der Waals surface area contributed by atoms with Crippen LogP contribution in [0.2, 0.25) is 0 Å². The number of imidazole rings is 1. The minimum atomic E-state index is -0.766. The second-order valence-corrected chi connectivity index (χ2v) is 9.18. The van der Waals surface area contributed by atoms with Crippen molar-refractivity contribution in [2.75, 3.05) is 18.1 Å². The number of aromatic nitrogens is 2. The summed E-state index contributed by atoms with van der Waals surface area (Å²) in [5, 5.41) is 10.9. The van der Waals surface area contributed by atoms with Gasteiger partial charge in [0.1, 0.15) is 30.1 Å². The topological polar surface area (TPSA) is 67.6 Å². The third kappa shape index (κ3) is 4.77. The van der Waals surface area contributed by atoms with E-state index >= 15 is 0 Å². The van der Waals surface area contributed by atoms with Gasteiger partial charge in [0.15, 0.2) is 0 Å². The molecule has 1 N–H and O–H groups in total. The highest BCUT2D eigenvalue weighted by Gasteiger charge is 2.35. The van der Waals surface area contributed by atoms with Crippen LogP contribution in [0.5, 0.6) is 5.75 Å². The number of anilines is 1. The highest BCUT2D eigenvalue weighted by molar-refractivity contribution is 5.96. The summed E-state index contributed by atoms with van der Waals surface area (Å²) < 4.78 is 21.3. The molecular formula is C28H28FN3O3. The van der Waals surface area contributed by atoms with E-state index in [1.54, 1.807) is 17.0 Å². The number of benzene rings is 3. The van der Waals surface area contributed by atoms with Crippen LogP contribution in [0.4, 0.5) is 10.1 Å². The number of ether oxygens (including phenoxy) is 1. The first-order chi connectivity index (χ1) is 16.9. The number of aliphatic hydroxyl groups is 1. The van der Waals surface area contributed by atoms with Crippen molar-refractivity contribution in [3.05, 3.63) is 89.5 Å². The zero-order valence-corrected chi connectivity index (χ0v) is 19.8. The fourth-order valence-corrected chi connectivity index (χ4v) is 4.76. The minimum Gasteiger partial charge on any atom is -0.491 e. The van der Waals surface area contributed by atoms with Crippen LogP contribution in [-0.4, -0.2) is 39.8 Å². The number of nitrogens with zero attached hydrogens (tertiary/aromatic N) is 3. The maximum atomic E-state index is 13.4. The number of para-hydroxylation sites is 2. The average Bonchev–Trinajstić information content (AvgIpc) is 3.40. The quantitative estimate of drug-likeness (QED) is 0.421. The van der Waals surface area contributed by atoms with Crippen LogP contribution in [0.25, 0.3) is 11.0 Å². The van der Waals surface area contributed by atoms with E-state index in [0.717, 1.165) is 33.7 Å². The Morgan fingerprint density at radius 3 is 2.66 bits per heavy atom. The van der Waals surface area contributed by atoms with E-state index < -0.39 is 6.10 Å². The van der Waals surface area contributed by atoms with Crippen molar-refractivity contribution < 1.29 is 19.0 Å². The number of rotatable bonds is 7. The van der Waals surface area contributed by atoms with Gasteiger partial charge in [-0.05, 0) is 61.9 Å². The van der Waals surface area contributed by atoms with Gasteiger partial charge in [-0.1, -0.05) is 29.8 Å². The van der Waals surface area contributed by atoms with Gasteiger partial charge in [-0.25, -0.2) is 9.37 Å². The highest BCUT2D eigenvalue weighted by Crippen LogP contribution is 2.33. The molecule has 4 aromatic rings. The Kier molecular flexibility index (Phi) is 6.26. The Morgan fingerprint density at radius 1 is 1.11 bits per heavy atom. The summed E-state index contributed by atoms with van der Waals surface area (Å²) in [7, 11) is 0. The van der Waals surface area contributed by atoms with Gasteiger partial charge in [0.05, 0.1) is 17.6 Å². The molecule has 0 spiro atoms. The predicted molar refractivity (Wildman–Crippen MR) is 133 cm³/mol. The van der Waals surface area contributed by atoms with Crippen molar-refractivity contribution in [3.8, 4) is 5.75 Å². The lowest BCUT2D eigenvalue weighted by molar-refractivity contribution is -0.117. The van der Waals surface area contributed by atoms with Gasteiger partial charge in [0.25, 0.3) is 0 Å². The van der Waals surface area contributed by atoms with Crippen LogP contribution in [-0.2, 0) is 11.3 Å². The predicted octanol–water partition coefficient (Wildman–Crippen LogP) is 4.75. The lowest BCUT2D eigenvalue weighted by atomic mass is 10.1. The molecule has 3 aromatic carbocycles. The number of aliphatic hydroxyl groups excluding tert-OH is 1.